The van der Waals surface area contributed by atoms with E-state index in [1.807, 2.05) is 0 Å². The van der Waals surface area contributed by atoms with Crippen LogP contribution in [0.2, 0.25) is 0 Å². The molecule has 0 amide bonds. The van der Waals surface area contributed by atoms with Crippen LogP contribution in [0.25, 0.3) is 0 Å². The van der Waals surface area contributed by atoms with Gasteiger partial charge in [-0.2, -0.15) is 0 Å². The summed E-state index contributed by atoms with van der Waals surface area (Å²) in [6.45, 7) is 4.31. The van der Waals surface area contributed by atoms with Crippen LogP contribution in [0.15, 0.2) is 12.2 Å². The van der Waals surface area contributed by atoms with E-state index in [2.05, 4.69) is 0 Å². The Balaban J connectivity index is 2.26. The van der Waals surface area contributed by atoms with Crippen LogP contribution in [0.3, 0.4) is 0 Å². The molecule has 0 aromatic heterocycles. The highest BCUT2D eigenvalue weighted by Gasteiger charge is 2.42. The molecule has 1 aliphatic rings. The molecule has 1 rings (SSSR count). The Morgan fingerprint density at radius 1 is 1.27 bits per heavy atom. The van der Waals surface area contributed by atoms with Gasteiger partial charge in [-0.1, -0.05) is 6.08 Å². The molecule has 84 valence electrons. The van der Waals surface area contributed by atoms with Gasteiger partial charge >= 0.3 is 11.9 Å². The number of carbonyl (C=O) groups is 2. The maximum absolute atomic E-state index is 11.2. The maximum Gasteiger partial charge on any atom is 0.330 e. The molecule has 0 saturated heterocycles. The predicted molar refractivity (Wildman–Crippen MR) is 54.0 cm³/mol. The van der Waals surface area contributed by atoms with Crippen LogP contribution in [0, 0.1) is 11.8 Å². The van der Waals surface area contributed by atoms with Gasteiger partial charge in [0.2, 0.25) is 0 Å². The first-order valence-electron chi connectivity index (χ1n) is 5.20. The Morgan fingerprint density at radius 3 is 2.53 bits per heavy atom. The number of hydrogen-bond donors (Lipinski definition) is 0. The van der Waals surface area contributed by atoms with Crippen LogP contribution < -0.4 is 0 Å². The van der Waals surface area contributed by atoms with Crippen LogP contribution in [-0.2, 0) is 19.1 Å². The lowest BCUT2D eigenvalue weighted by atomic mass is 10.3. The SMILES string of the molecule is CCOC(=O)/C=C\[C@H]1C[C@@H]1C(=O)OCC. The standard InChI is InChI=1S/C11H16O4/c1-3-14-10(12)6-5-8-7-9(8)11(13)15-4-2/h5-6,8-9H,3-4,7H2,1-2H3/b6-5-/t8-,9-/m0/s1. The molecule has 1 saturated carbocycles. The second-order valence-corrected chi connectivity index (χ2v) is 3.37. The van der Waals surface area contributed by atoms with Crippen molar-refractivity contribution in [2.45, 2.75) is 20.3 Å². The molecular formula is C11H16O4. The van der Waals surface area contributed by atoms with E-state index in [9.17, 15) is 9.59 Å². The summed E-state index contributed by atoms with van der Waals surface area (Å²) in [5.41, 5.74) is 0. The largest absolute Gasteiger partial charge is 0.466 e. The van der Waals surface area contributed by atoms with Gasteiger partial charge in [-0.3, -0.25) is 4.79 Å². The van der Waals surface area contributed by atoms with Gasteiger partial charge < -0.3 is 9.47 Å². The lowest BCUT2D eigenvalue weighted by Gasteiger charge is -1.98. The fraction of sp³-hybridized carbons (Fsp3) is 0.636. The van der Waals surface area contributed by atoms with Crippen molar-refractivity contribution in [2.75, 3.05) is 13.2 Å². The molecule has 15 heavy (non-hydrogen) atoms. The van der Waals surface area contributed by atoms with E-state index in [0.29, 0.717) is 13.2 Å². The fourth-order valence-corrected chi connectivity index (χ4v) is 1.34. The number of ether oxygens (including phenoxy) is 2. The summed E-state index contributed by atoms with van der Waals surface area (Å²) in [6, 6.07) is 0. The zero-order valence-electron chi connectivity index (χ0n) is 9.06. The normalized spacial score (nSPS) is 23.9. The molecule has 0 bridgehead atoms. The second-order valence-electron chi connectivity index (χ2n) is 3.37. The molecule has 0 unspecified atom stereocenters. The van der Waals surface area contributed by atoms with E-state index in [-0.39, 0.29) is 23.8 Å². The van der Waals surface area contributed by atoms with Crippen molar-refractivity contribution in [1.29, 1.82) is 0 Å². The van der Waals surface area contributed by atoms with Gasteiger partial charge in [0.15, 0.2) is 0 Å². The second kappa shape index (κ2) is 5.53. The summed E-state index contributed by atoms with van der Waals surface area (Å²) >= 11 is 0. The highest BCUT2D eigenvalue weighted by atomic mass is 16.5. The minimum atomic E-state index is -0.355. The first kappa shape index (κ1) is 11.8. The van der Waals surface area contributed by atoms with E-state index in [1.54, 1.807) is 19.9 Å². The molecule has 0 radical (unpaired) electrons. The summed E-state index contributed by atoms with van der Waals surface area (Å²) in [6.07, 6.45) is 3.88. The van der Waals surface area contributed by atoms with E-state index in [4.69, 9.17) is 9.47 Å². The molecule has 4 heteroatoms. The number of carbonyl (C=O) groups excluding carboxylic acids is 2. The Labute approximate surface area is 89.2 Å². The molecule has 1 fully saturated rings. The summed E-state index contributed by atoms with van der Waals surface area (Å²) < 4.78 is 9.58. The van der Waals surface area contributed by atoms with E-state index in [1.165, 1.54) is 6.08 Å². The van der Waals surface area contributed by atoms with Crippen molar-refractivity contribution in [3.8, 4) is 0 Å². The van der Waals surface area contributed by atoms with Gasteiger partial charge in [-0.15, -0.1) is 0 Å². The Bertz CT molecular complexity index is 270. The molecule has 0 N–H and O–H groups in total. The lowest BCUT2D eigenvalue weighted by Crippen LogP contribution is -2.07. The minimum absolute atomic E-state index is 0.0596. The maximum atomic E-state index is 11.2. The lowest BCUT2D eigenvalue weighted by molar-refractivity contribution is -0.145. The third kappa shape index (κ3) is 3.73. The van der Waals surface area contributed by atoms with Crippen LogP contribution >= 0.6 is 0 Å². The molecule has 4 nitrogen and oxygen atoms in total. The Hall–Kier alpha value is -1.32. The van der Waals surface area contributed by atoms with Crippen molar-refractivity contribution < 1.29 is 19.1 Å². The number of esters is 2. The molecule has 2 atom stereocenters. The molecule has 0 aromatic rings. The van der Waals surface area contributed by atoms with Crippen LogP contribution in [0.1, 0.15) is 20.3 Å². The summed E-state index contributed by atoms with van der Waals surface area (Å²) in [7, 11) is 0. The van der Waals surface area contributed by atoms with Gasteiger partial charge in [0.25, 0.3) is 0 Å². The third-order valence-electron chi connectivity index (χ3n) is 2.20. The zero-order chi connectivity index (χ0) is 11.3. The molecule has 0 aliphatic heterocycles. The van der Waals surface area contributed by atoms with Crippen LogP contribution in [0.4, 0.5) is 0 Å². The van der Waals surface area contributed by atoms with Crippen LogP contribution in [0.5, 0.6) is 0 Å². The predicted octanol–water partition coefficient (Wildman–Crippen LogP) is 1.30. The molecular weight excluding hydrogens is 196 g/mol. The van der Waals surface area contributed by atoms with Crippen molar-refractivity contribution >= 4 is 11.9 Å². The van der Waals surface area contributed by atoms with Crippen molar-refractivity contribution in [2.24, 2.45) is 11.8 Å². The average molecular weight is 212 g/mol. The molecule has 0 aromatic carbocycles. The van der Waals surface area contributed by atoms with Crippen molar-refractivity contribution in [1.82, 2.24) is 0 Å². The van der Waals surface area contributed by atoms with Crippen molar-refractivity contribution in [3.63, 3.8) is 0 Å². The van der Waals surface area contributed by atoms with Crippen LogP contribution in [-0.4, -0.2) is 25.2 Å². The monoisotopic (exact) mass is 212 g/mol. The first-order valence-corrected chi connectivity index (χ1v) is 5.20. The molecule has 0 spiro atoms. The number of allylic oxidation sites excluding steroid dienone is 1. The van der Waals surface area contributed by atoms with Gasteiger partial charge in [0.1, 0.15) is 0 Å². The molecule has 0 heterocycles. The van der Waals surface area contributed by atoms with E-state index in [0.717, 1.165) is 6.42 Å². The zero-order valence-corrected chi connectivity index (χ0v) is 9.06. The summed E-state index contributed by atoms with van der Waals surface area (Å²) in [4.78, 5) is 22.2. The molecule has 1 aliphatic carbocycles. The van der Waals surface area contributed by atoms with E-state index < -0.39 is 0 Å². The van der Waals surface area contributed by atoms with E-state index >= 15 is 0 Å². The minimum Gasteiger partial charge on any atom is -0.466 e. The average Bonchev–Trinajstić information content (AvgIpc) is 2.95. The highest BCUT2D eigenvalue weighted by Crippen LogP contribution is 2.40. The fourth-order valence-electron chi connectivity index (χ4n) is 1.34. The summed E-state index contributed by atoms with van der Waals surface area (Å²) in [5, 5.41) is 0. The number of hydrogen-bond acceptors (Lipinski definition) is 4. The smallest absolute Gasteiger partial charge is 0.330 e. The quantitative estimate of drug-likeness (QED) is 0.509. The highest BCUT2D eigenvalue weighted by molar-refractivity contribution is 5.82. The first-order chi connectivity index (χ1) is 7.19. The van der Waals surface area contributed by atoms with Crippen molar-refractivity contribution in [3.05, 3.63) is 12.2 Å². The Kier molecular flexibility index (Phi) is 4.34. The van der Waals surface area contributed by atoms with Gasteiger partial charge in [0.05, 0.1) is 19.1 Å². The van der Waals surface area contributed by atoms with Gasteiger partial charge in [-0.05, 0) is 26.2 Å². The third-order valence-corrected chi connectivity index (χ3v) is 2.20. The topological polar surface area (TPSA) is 52.6 Å². The number of rotatable bonds is 5. The Morgan fingerprint density at radius 2 is 1.93 bits per heavy atom. The summed E-state index contributed by atoms with van der Waals surface area (Å²) in [5.74, 6) is -0.438. The van der Waals surface area contributed by atoms with Gasteiger partial charge in [0, 0.05) is 6.08 Å². The van der Waals surface area contributed by atoms with Gasteiger partial charge in [-0.25, -0.2) is 4.79 Å².